The van der Waals surface area contributed by atoms with E-state index in [0.717, 1.165) is 24.3 Å². The first-order valence-corrected chi connectivity index (χ1v) is 5.58. The summed E-state index contributed by atoms with van der Waals surface area (Å²) in [6, 6.07) is 7.10. The first-order chi connectivity index (χ1) is 8.70. The zero-order valence-corrected chi connectivity index (χ0v) is 10.8. The van der Waals surface area contributed by atoms with E-state index in [9.17, 15) is 4.79 Å². The number of aromatic amines is 1. The van der Waals surface area contributed by atoms with E-state index in [4.69, 9.17) is 16.2 Å². The minimum atomic E-state index is 0.0224. The van der Waals surface area contributed by atoms with E-state index in [-0.39, 0.29) is 5.84 Å². The van der Waals surface area contributed by atoms with E-state index in [0.29, 0.717) is 11.3 Å². The molecule has 1 aromatic carbocycles. The summed E-state index contributed by atoms with van der Waals surface area (Å²) >= 11 is 0. The van der Waals surface area contributed by atoms with Crippen molar-refractivity contribution in [3.05, 3.63) is 35.5 Å². The van der Waals surface area contributed by atoms with Crippen LogP contribution >= 0.6 is 0 Å². The van der Waals surface area contributed by atoms with Crippen LogP contribution in [0.25, 0.3) is 10.9 Å². The van der Waals surface area contributed by atoms with Gasteiger partial charge in [-0.25, -0.2) is 0 Å². The number of nitrogens with one attached hydrogen (secondary N) is 2. The number of hydrogen-bond acceptors (Lipinski definition) is 3. The van der Waals surface area contributed by atoms with E-state index >= 15 is 0 Å². The summed E-state index contributed by atoms with van der Waals surface area (Å²) in [6.07, 6.45) is 0.757. The zero-order chi connectivity index (χ0) is 14.1. The second-order valence-electron chi connectivity index (χ2n) is 3.06. The summed E-state index contributed by atoms with van der Waals surface area (Å²) in [5, 5.41) is 15.2. The van der Waals surface area contributed by atoms with E-state index in [1.54, 1.807) is 18.2 Å². The molecule has 0 aliphatic heterocycles. The lowest BCUT2D eigenvalue weighted by atomic mass is 10.1. The Morgan fingerprint density at radius 1 is 1.33 bits per heavy atom. The van der Waals surface area contributed by atoms with Crippen LogP contribution < -0.4 is 5.73 Å². The molecule has 98 valence electrons. The van der Waals surface area contributed by atoms with E-state index in [1.165, 1.54) is 0 Å². The van der Waals surface area contributed by atoms with Gasteiger partial charge in [-0.1, -0.05) is 26.0 Å². The third kappa shape index (κ3) is 3.71. The quantitative estimate of drug-likeness (QED) is 0.371. The van der Waals surface area contributed by atoms with Crippen LogP contribution in [0, 0.1) is 5.41 Å². The number of carbonyl (C=O) groups excluding carboxylic acids is 1. The number of aromatic nitrogens is 1. The van der Waals surface area contributed by atoms with Gasteiger partial charge in [-0.05, 0) is 12.1 Å². The molecule has 0 aliphatic rings. The Morgan fingerprint density at radius 3 is 2.44 bits per heavy atom. The minimum absolute atomic E-state index is 0.0224. The van der Waals surface area contributed by atoms with Crippen LogP contribution in [0.5, 0.6) is 0 Å². The predicted molar refractivity (Wildman–Crippen MR) is 74.2 cm³/mol. The number of H-pyrrole nitrogens is 1. The molecule has 0 fully saturated rings. The molecule has 18 heavy (non-hydrogen) atoms. The van der Waals surface area contributed by atoms with Gasteiger partial charge in [0.1, 0.15) is 5.84 Å². The molecule has 2 rings (SSSR count). The molecule has 0 atom stereocenters. The van der Waals surface area contributed by atoms with Crippen LogP contribution in [-0.4, -0.2) is 29.3 Å². The predicted octanol–water partition coefficient (Wildman–Crippen LogP) is 1.90. The Bertz CT molecular complexity index is 518. The molecule has 5 heteroatoms. The van der Waals surface area contributed by atoms with Crippen molar-refractivity contribution < 1.29 is 9.90 Å². The van der Waals surface area contributed by atoms with E-state index < -0.39 is 0 Å². The lowest BCUT2D eigenvalue weighted by Crippen LogP contribution is -2.10. The summed E-state index contributed by atoms with van der Waals surface area (Å²) in [6.45, 7) is 4.00. The molecule has 0 radical (unpaired) electrons. The second-order valence-corrected chi connectivity index (χ2v) is 3.06. The Kier molecular flexibility index (Phi) is 7.07. The van der Waals surface area contributed by atoms with Crippen molar-refractivity contribution in [3.63, 3.8) is 0 Å². The molecule has 5 nitrogen and oxygen atoms in total. The maximum atomic E-state index is 10.5. The van der Waals surface area contributed by atoms with Gasteiger partial charge in [0, 0.05) is 23.6 Å². The number of benzene rings is 1. The van der Waals surface area contributed by atoms with E-state index in [1.807, 2.05) is 19.9 Å². The Morgan fingerprint density at radius 2 is 1.94 bits per heavy atom. The fourth-order valence-corrected chi connectivity index (χ4v) is 1.38. The Hall–Kier alpha value is -2.14. The number of hydrogen-bond donors (Lipinski definition) is 4. The number of fused-ring (bicyclic) bond motifs is 1. The summed E-state index contributed by atoms with van der Waals surface area (Å²) in [5.41, 5.74) is 7.34. The van der Waals surface area contributed by atoms with E-state index in [2.05, 4.69) is 4.98 Å². The summed E-state index contributed by atoms with van der Waals surface area (Å²) < 4.78 is 0. The fraction of sp³-hybridized carbons (Fsp3) is 0.231. The second kappa shape index (κ2) is 8.03. The van der Waals surface area contributed by atoms with Gasteiger partial charge in [-0.2, -0.15) is 0 Å². The lowest BCUT2D eigenvalue weighted by molar-refractivity contribution is 0.112. The number of amidine groups is 1. The molecule has 0 aliphatic carbocycles. The van der Waals surface area contributed by atoms with Gasteiger partial charge in [0.05, 0.1) is 5.69 Å². The highest BCUT2D eigenvalue weighted by atomic mass is 16.2. The number of rotatable bonds is 2. The van der Waals surface area contributed by atoms with Crippen molar-refractivity contribution in [3.8, 4) is 0 Å². The van der Waals surface area contributed by atoms with Crippen molar-refractivity contribution in [2.75, 3.05) is 7.11 Å². The molecule has 0 saturated heterocycles. The molecule has 1 heterocycles. The van der Waals surface area contributed by atoms with Gasteiger partial charge in [-0.15, -0.1) is 0 Å². The number of aliphatic hydroxyl groups excluding tert-OH is 1. The number of aliphatic hydroxyl groups is 1. The van der Waals surface area contributed by atoms with Crippen molar-refractivity contribution in [2.24, 2.45) is 5.73 Å². The summed E-state index contributed by atoms with van der Waals surface area (Å²) in [5.74, 6) is 0.0224. The van der Waals surface area contributed by atoms with Crippen LogP contribution in [0.4, 0.5) is 0 Å². The molecule has 2 aromatic rings. The number of aldehydes is 1. The van der Waals surface area contributed by atoms with Crippen molar-refractivity contribution in [2.45, 2.75) is 13.8 Å². The molecule has 0 unspecified atom stereocenters. The van der Waals surface area contributed by atoms with Crippen LogP contribution in [0.2, 0.25) is 0 Å². The molecule has 0 spiro atoms. The van der Waals surface area contributed by atoms with Gasteiger partial charge in [-0.3, -0.25) is 10.2 Å². The monoisotopic (exact) mass is 249 g/mol. The number of nitrogen functional groups attached to an aromatic ring is 1. The first-order valence-electron chi connectivity index (χ1n) is 5.58. The van der Waals surface area contributed by atoms with Gasteiger partial charge in [0.25, 0.3) is 0 Å². The van der Waals surface area contributed by atoms with Crippen LogP contribution in [-0.2, 0) is 0 Å². The van der Waals surface area contributed by atoms with Crippen LogP contribution in [0.15, 0.2) is 24.3 Å². The molecule has 0 bridgehead atoms. The smallest absolute Gasteiger partial charge is 0.166 e. The van der Waals surface area contributed by atoms with Crippen LogP contribution in [0.1, 0.15) is 29.9 Å². The zero-order valence-electron chi connectivity index (χ0n) is 10.8. The molecule has 0 amide bonds. The summed E-state index contributed by atoms with van der Waals surface area (Å²) in [4.78, 5) is 13.4. The average Bonchev–Trinajstić information content (AvgIpc) is 2.85. The standard InChI is InChI=1S/C10H9N3O.C2H6.CH4O/c11-10(12)7-2-1-6-3-8(5-14)13-9(6)4-7;2*1-2/h1-5,13H,(H3,11,12);1-2H3;2H,1H3. The fourth-order valence-electron chi connectivity index (χ4n) is 1.38. The van der Waals surface area contributed by atoms with Gasteiger partial charge >= 0.3 is 0 Å². The van der Waals surface area contributed by atoms with Crippen molar-refractivity contribution in [1.29, 1.82) is 5.41 Å². The van der Waals surface area contributed by atoms with Gasteiger partial charge in [0.2, 0.25) is 0 Å². The maximum absolute atomic E-state index is 10.5. The molecular weight excluding hydrogens is 230 g/mol. The maximum Gasteiger partial charge on any atom is 0.166 e. The highest BCUT2D eigenvalue weighted by Gasteiger charge is 2.02. The van der Waals surface area contributed by atoms with Crippen molar-refractivity contribution >= 4 is 23.0 Å². The topological polar surface area (TPSA) is 103 Å². The summed E-state index contributed by atoms with van der Waals surface area (Å²) in [7, 11) is 1.00. The normalized spacial score (nSPS) is 8.67. The third-order valence-corrected chi connectivity index (χ3v) is 2.08. The Balaban J connectivity index is 0.000000659. The van der Waals surface area contributed by atoms with Gasteiger partial charge < -0.3 is 15.8 Å². The molecule has 1 aromatic heterocycles. The Labute approximate surface area is 106 Å². The number of carbonyl (C=O) groups is 1. The SMILES string of the molecule is CC.CO.N=C(N)c1ccc2cc(C=O)[nH]c2c1. The minimum Gasteiger partial charge on any atom is -0.400 e. The van der Waals surface area contributed by atoms with Crippen molar-refractivity contribution in [1.82, 2.24) is 4.98 Å². The van der Waals surface area contributed by atoms with Gasteiger partial charge in [0.15, 0.2) is 6.29 Å². The lowest BCUT2D eigenvalue weighted by Gasteiger charge is -1.96. The first kappa shape index (κ1) is 15.9. The van der Waals surface area contributed by atoms with Crippen LogP contribution in [0.3, 0.4) is 0 Å². The average molecular weight is 249 g/mol. The third-order valence-electron chi connectivity index (χ3n) is 2.08. The number of nitrogens with two attached hydrogens (primary N) is 1. The highest BCUT2D eigenvalue weighted by Crippen LogP contribution is 2.15. The largest absolute Gasteiger partial charge is 0.400 e. The molecule has 5 N–H and O–H groups in total. The molecular formula is C13H19N3O2. The highest BCUT2D eigenvalue weighted by molar-refractivity contribution is 5.99. The molecule has 0 saturated carbocycles.